The summed E-state index contributed by atoms with van der Waals surface area (Å²) in [5.74, 6) is -1.38. The fraction of sp³-hybridized carbons (Fsp3) is 0.348. The number of ether oxygens (including phenoxy) is 3. The van der Waals surface area contributed by atoms with Gasteiger partial charge in [-0.3, -0.25) is 25.1 Å². The summed E-state index contributed by atoms with van der Waals surface area (Å²) in [5, 5.41) is 7.61. The molecule has 2 aromatic carbocycles. The predicted octanol–water partition coefficient (Wildman–Crippen LogP) is 1.61. The van der Waals surface area contributed by atoms with Crippen LogP contribution in [-0.2, 0) is 19.9 Å². The molecule has 2 aromatic rings. The lowest BCUT2D eigenvalue weighted by Gasteiger charge is -2.57. The minimum atomic E-state index is -4.80. The van der Waals surface area contributed by atoms with Crippen LogP contribution in [0.15, 0.2) is 48.5 Å². The van der Waals surface area contributed by atoms with Crippen molar-refractivity contribution in [3.63, 3.8) is 0 Å². The van der Waals surface area contributed by atoms with Crippen LogP contribution in [0, 0.1) is 0 Å². The van der Waals surface area contributed by atoms with E-state index in [1.54, 1.807) is 4.90 Å². The van der Waals surface area contributed by atoms with Gasteiger partial charge in [0.25, 0.3) is 11.8 Å². The van der Waals surface area contributed by atoms with Crippen LogP contribution < -0.4 is 25.4 Å². The zero-order valence-electron chi connectivity index (χ0n) is 18.7. The molecule has 3 N–H and O–H groups in total. The van der Waals surface area contributed by atoms with E-state index >= 15 is 0 Å². The van der Waals surface area contributed by atoms with Gasteiger partial charge in [-0.05, 0) is 42.0 Å². The van der Waals surface area contributed by atoms with Gasteiger partial charge in [-0.2, -0.15) is 0 Å². The average molecular weight is 506 g/mol. The first-order valence-electron chi connectivity index (χ1n) is 11.0. The lowest BCUT2D eigenvalue weighted by molar-refractivity contribution is -0.274. The van der Waals surface area contributed by atoms with Crippen molar-refractivity contribution in [2.45, 2.75) is 17.5 Å². The predicted molar refractivity (Wildman–Crippen MR) is 116 cm³/mol. The van der Waals surface area contributed by atoms with E-state index in [0.29, 0.717) is 44.1 Å². The smallest absolute Gasteiger partial charge is 0.457 e. The molecule has 10 nitrogen and oxygen atoms in total. The molecule has 3 heterocycles. The minimum Gasteiger partial charge on any atom is -0.457 e. The SMILES string of the molecule is O=C1NC(=O)C(c2ccc(Oc3ccc(OC(F)(F)F)cc3)cc2)(N2CC3(CNCCO3)C2)C(=O)N1. The number of barbiturate groups is 1. The van der Waals surface area contributed by atoms with Crippen molar-refractivity contribution < 1.29 is 41.8 Å². The van der Waals surface area contributed by atoms with Gasteiger partial charge in [-0.15, -0.1) is 13.2 Å². The van der Waals surface area contributed by atoms with Gasteiger partial charge in [-0.25, -0.2) is 4.79 Å². The molecule has 3 aliphatic rings. The van der Waals surface area contributed by atoms with E-state index in [1.807, 2.05) is 0 Å². The first-order chi connectivity index (χ1) is 17.1. The number of hydrogen-bond acceptors (Lipinski definition) is 8. The van der Waals surface area contributed by atoms with Crippen LogP contribution in [0.1, 0.15) is 5.56 Å². The normalized spacial score (nSPS) is 21.4. The number of benzene rings is 2. The molecule has 190 valence electrons. The van der Waals surface area contributed by atoms with E-state index in [1.165, 1.54) is 36.4 Å². The number of likely N-dealkylation sites (tertiary alicyclic amines) is 1. The number of halogens is 3. The molecule has 3 aliphatic heterocycles. The Morgan fingerprint density at radius 1 is 0.861 bits per heavy atom. The van der Waals surface area contributed by atoms with Gasteiger partial charge < -0.3 is 19.5 Å². The monoisotopic (exact) mass is 506 g/mol. The van der Waals surface area contributed by atoms with Gasteiger partial charge >= 0.3 is 12.4 Å². The Morgan fingerprint density at radius 2 is 1.42 bits per heavy atom. The molecular formula is C23H21F3N4O6. The van der Waals surface area contributed by atoms with Crippen LogP contribution in [0.5, 0.6) is 17.2 Å². The fourth-order valence-electron chi connectivity index (χ4n) is 4.66. The summed E-state index contributed by atoms with van der Waals surface area (Å²) < 4.78 is 52.4. The average Bonchev–Trinajstić information content (AvgIpc) is 2.80. The molecule has 0 saturated carbocycles. The van der Waals surface area contributed by atoms with E-state index in [0.717, 1.165) is 12.1 Å². The molecule has 4 amide bonds. The highest BCUT2D eigenvalue weighted by Gasteiger charge is 2.63. The van der Waals surface area contributed by atoms with Crippen molar-refractivity contribution in [2.24, 2.45) is 0 Å². The summed E-state index contributed by atoms with van der Waals surface area (Å²) in [7, 11) is 0. The number of hydrogen-bond donors (Lipinski definition) is 3. The van der Waals surface area contributed by atoms with Crippen molar-refractivity contribution in [1.82, 2.24) is 20.9 Å². The van der Waals surface area contributed by atoms with E-state index in [-0.39, 0.29) is 11.5 Å². The van der Waals surface area contributed by atoms with Gasteiger partial charge in [0.15, 0.2) is 0 Å². The Hall–Kier alpha value is -3.68. The van der Waals surface area contributed by atoms with Gasteiger partial charge in [0, 0.05) is 26.2 Å². The lowest BCUT2D eigenvalue weighted by Crippen LogP contribution is -2.80. The molecule has 13 heteroatoms. The molecule has 36 heavy (non-hydrogen) atoms. The number of carbonyl (C=O) groups is 3. The summed E-state index contributed by atoms with van der Waals surface area (Å²) in [4.78, 5) is 39.7. The van der Waals surface area contributed by atoms with Crippen molar-refractivity contribution in [3.05, 3.63) is 54.1 Å². The van der Waals surface area contributed by atoms with E-state index in [2.05, 4.69) is 20.7 Å². The number of morpholine rings is 1. The molecule has 3 saturated heterocycles. The first kappa shape index (κ1) is 24.0. The molecule has 0 aromatic heterocycles. The molecule has 1 spiro atoms. The fourth-order valence-corrected chi connectivity index (χ4v) is 4.66. The van der Waals surface area contributed by atoms with Gasteiger partial charge in [0.05, 0.1) is 6.61 Å². The molecule has 0 unspecified atom stereocenters. The van der Waals surface area contributed by atoms with Crippen LogP contribution in [0.3, 0.4) is 0 Å². The number of nitrogens with zero attached hydrogens (tertiary/aromatic N) is 1. The van der Waals surface area contributed by atoms with Crippen LogP contribution in [-0.4, -0.2) is 67.5 Å². The van der Waals surface area contributed by atoms with Crippen molar-refractivity contribution in [3.8, 4) is 17.2 Å². The third-order valence-corrected chi connectivity index (χ3v) is 6.24. The Bertz CT molecular complexity index is 1150. The summed E-state index contributed by atoms with van der Waals surface area (Å²) >= 11 is 0. The maximum atomic E-state index is 13.1. The maximum Gasteiger partial charge on any atom is 0.573 e. The quantitative estimate of drug-likeness (QED) is 0.524. The first-order valence-corrected chi connectivity index (χ1v) is 11.0. The highest BCUT2D eigenvalue weighted by Crippen LogP contribution is 2.41. The van der Waals surface area contributed by atoms with E-state index in [9.17, 15) is 27.6 Å². The van der Waals surface area contributed by atoms with E-state index in [4.69, 9.17) is 9.47 Å². The third-order valence-electron chi connectivity index (χ3n) is 6.24. The van der Waals surface area contributed by atoms with Crippen molar-refractivity contribution in [2.75, 3.05) is 32.8 Å². The van der Waals surface area contributed by atoms with Crippen LogP contribution >= 0.6 is 0 Å². The Kier molecular flexibility index (Phi) is 5.85. The van der Waals surface area contributed by atoms with E-state index < -0.39 is 35.3 Å². The Morgan fingerprint density at radius 3 is 1.94 bits per heavy atom. The summed E-state index contributed by atoms with van der Waals surface area (Å²) in [5.41, 5.74) is -2.02. The summed E-state index contributed by atoms with van der Waals surface area (Å²) in [6.07, 6.45) is -4.80. The highest BCUT2D eigenvalue weighted by atomic mass is 19.4. The van der Waals surface area contributed by atoms with Gasteiger partial charge in [-0.1, -0.05) is 12.1 Å². The topological polar surface area (TPSA) is 118 Å². The molecule has 0 atom stereocenters. The third kappa shape index (κ3) is 4.36. The lowest BCUT2D eigenvalue weighted by atomic mass is 9.78. The zero-order valence-corrected chi connectivity index (χ0v) is 18.7. The number of imide groups is 2. The van der Waals surface area contributed by atoms with Gasteiger partial charge in [0.2, 0.25) is 5.54 Å². The number of rotatable bonds is 5. The van der Waals surface area contributed by atoms with Crippen LogP contribution in [0.25, 0.3) is 0 Å². The van der Waals surface area contributed by atoms with Crippen LogP contribution in [0.2, 0.25) is 0 Å². The molecular weight excluding hydrogens is 485 g/mol. The Labute approximate surface area is 202 Å². The second-order valence-corrected chi connectivity index (χ2v) is 8.66. The molecule has 3 fully saturated rings. The van der Waals surface area contributed by atoms with Crippen molar-refractivity contribution in [1.29, 1.82) is 0 Å². The molecule has 0 bridgehead atoms. The zero-order chi connectivity index (χ0) is 25.6. The number of amides is 4. The molecule has 5 rings (SSSR count). The second kappa shape index (κ2) is 8.76. The number of urea groups is 1. The number of alkyl halides is 3. The van der Waals surface area contributed by atoms with Crippen LogP contribution in [0.4, 0.5) is 18.0 Å². The minimum absolute atomic E-state index is 0.248. The Balaban J connectivity index is 1.37. The van der Waals surface area contributed by atoms with Crippen molar-refractivity contribution >= 4 is 17.8 Å². The second-order valence-electron chi connectivity index (χ2n) is 8.66. The summed E-state index contributed by atoms with van der Waals surface area (Å²) in [6.45, 7) is 2.37. The molecule has 0 aliphatic carbocycles. The summed E-state index contributed by atoms with van der Waals surface area (Å²) in [6, 6.07) is 10.0. The van der Waals surface area contributed by atoms with Gasteiger partial charge in [0.1, 0.15) is 22.8 Å². The number of nitrogens with one attached hydrogen (secondary N) is 3. The number of carbonyl (C=O) groups excluding carboxylic acids is 3. The highest BCUT2D eigenvalue weighted by molar-refractivity contribution is 6.22. The molecule has 0 radical (unpaired) electrons. The largest absolute Gasteiger partial charge is 0.573 e. The standard InChI is InChI=1S/C23H21F3N4O6/c24-23(25,26)36-17-7-5-16(6-8-17)35-15-3-1-14(2-4-15)22(18(31)28-20(33)29-19(22)32)30-12-21(13-30)11-27-9-10-34-21/h1-8,27H,9-13H2,(H2,28,29,31,32,33). The maximum absolute atomic E-state index is 13.1.